The molecule has 2 N–H and O–H groups in total. The third-order valence-electron chi connectivity index (χ3n) is 3.17. The Kier molecular flexibility index (Phi) is 3.71. The number of nitrogens with zero attached hydrogens (tertiary/aromatic N) is 3. The van der Waals surface area contributed by atoms with Crippen molar-refractivity contribution in [1.82, 2.24) is 9.97 Å². The smallest absolute Gasteiger partial charge is 0.135 e. The van der Waals surface area contributed by atoms with Crippen LogP contribution in [-0.4, -0.2) is 35.3 Å². The number of nitrogens with two attached hydrogens (primary N) is 1. The van der Waals surface area contributed by atoms with Crippen molar-refractivity contribution in [3.05, 3.63) is 11.9 Å². The third-order valence-corrected chi connectivity index (χ3v) is 3.17. The third kappa shape index (κ3) is 2.72. The zero-order valence-corrected chi connectivity index (χ0v) is 11.4. The maximum Gasteiger partial charge on any atom is 0.135 e. The van der Waals surface area contributed by atoms with Gasteiger partial charge in [0.2, 0.25) is 0 Å². The van der Waals surface area contributed by atoms with Gasteiger partial charge in [-0.15, -0.1) is 0 Å². The fraction of sp³-hybridized carbons (Fsp3) is 0.692. The predicted octanol–water partition coefficient (Wildman–Crippen LogP) is 1.63. The Labute approximate surface area is 108 Å². The molecule has 2 heterocycles. The lowest BCUT2D eigenvalue weighted by atomic mass is 10.0. The van der Waals surface area contributed by atoms with E-state index < -0.39 is 0 Å². The molecule has 0 spiro atoms. The van der Waals surface area contributed by atoms with Gasteiger partial charge in [-0.1, -0.05) is 6.92 Å². The number of hydrogen-bond donors (Lipinski definition) is 1. The molecule has 1 fully saturated rings. The standard InChI is InChI=1S/C13H22N4O/c1-4-5-11-15-10(14)8-12(16-11)17-6-7-18-9-13(17,2)3/h8H,4-7,9H2,1-3H3,(H2,14,15,16). The van der Waals surface area contributed by atoms with E-state index in [0.29, 0.717) is 12.4 Å². The average molecular weight is 250 g/mol. The van der Waals surface area contributed by atoms with E-state index in [1.807, 2.05) is 6.07 Å². The first kappa shape index (κ1) is 13.1. The summed E-state index contributed by atoms with van der Waals surface area (Å²) >= 11 is 0. The van der Waals surface area contributed by atoms with E-state index in [9.17, 15) is 0 Å². The number of ether oxygens (including phenoxy) is 1. The van der Waals surface area contributed by atoms with Crippen LogP contribution in [0.4, 0.5) is 11.6 Å². The molecule has 0 amide bonds. The Bertz CT molecular complexity index is 419. The van der Waals surface area contributed by atoms with E-state index in [2.05, 4.69) is 35.6 Å². The first-order valence-electron chi connectivity index (χ1n) is 6.52. The van der Waals surface area contributed by atoms with Gasteiger partial charge in [0.05, 0.1) is 18.8 Å². The largest absolute Gasteiger partial charge is 0.384 e. The number of aromatic nitrogens is 2. The summed E-state index contributed by atoms with van der Waals surface area (Å²) in [6.45, 7) is 8.71. The highest BCUT2D eigenvalue weighted by Crippen LogP contribution is 2.26. The summed E-state index contributed by atoms with van der Waals surface area (Å²) < 4.78 is 5.53. The lowest BCUT2D eigenvalue weighted by Crippen LogP contribution is -2.53. The Morgan fingerprint density at radius 1 is 1.44 bits per heavy atom. The van der Waals surface area contributed by atoms with E-state index in [1.54, 1.807) is 0 Å². The molecule has 18 heavy (non-hydrogen) atoms. The van der Waals surface area contributed by atoms with Crippen molar-refractivity contribution >= 4 is 11.6 Å². The predicted molar refractivity (Wildman–Crippen MR) is 72.7 cm³/mol. The summed E-state index contributed by atoms with van der Waals surface area (Å²) in [6, 6.07) is 1.85. The van der Waals surface area contributed by atoms with Gasteiger partial charge in [0, 0.05) is 19.0 Å². The monoisotopic (exact) mass is 250 g/mol. The molecule has 1 aromatic rings. The number of aryl methyl sites for hydroxylation is 1. The van der Waals surface area contributed by atoms with Gasteiger partial charge >= 0.3 is 0 Å². The molecule has 1 aliphatic rings. The lowest BCUT2D eigenvalue weighted by Gasteiger charge is -2.43. The van der Waals surface area contributed by atoms with Gasteiger partial charge < -0.3 is 15.4 Å². The summed E-state index contributed by atoms with van der Waals surface area (Å²) in [7, 11) is 0. The van der Waals surface area contributed by atoms with Gasteiger partial charge in [-0.3, -0.25) is 0 Å². The van der Waals surface area contributed by atoms with E-state index in [-0.39, 0.29) is 5.54 Å². The van der Waals surface area contributed by atoms with Crippen LogP contribution < -0.4 is 10.6 Å². The van der Waals surface area contributed by atoms with Crippen LogP contribution in [-0.2, 0) is 11.2 Å². The summed E-state index contributed by atoms with van der Waals surface area (Å²) in [4.78, 5) is 11.2. The van der Waals surface area contributed by atoms with Crippen molar-refractivity contribution in [3.63, 3.8) is 0 Å². The summed E-state index contributed by atoms with van der Waals surface area (Å²) in [5.74, 6) is 2.29. The lowest BCUT2D eigenvalue weighted by molar-refractivity contribution is 0.0639. The molecule has 5 nitrogen and oxygen atoms in total. The van der Waals surface area contributed by atoms with Crippen LogP contribution in [0.25, 0.3) is 0 Å². The number of anilines is 2. The minimum absolute atomic E-state index is 0.0530. The molecule has 0 aliphatic carbocycles. The number of rotatable bonds is 3. The van der Waals surface area contributed by atoms with Crippen LogP contribution in [0.1, 0.15) is 33.0 Å². The van der Waals surface area contributed by atoms with Gasteiger partial charge in [-0.25, -0.2) is 9.97 Å². The molecule has 1 aromatic heterocycles. The second-order valence-electron chi connectivity index (χ2n) is 5.33. The number of nitrogen functional groups attached to an aromatic ring is 1. The minimum atomic E-state index is -0.0530. The highest BCUT2D eigenvalue weighted by molar-refractivity contribution is 5.49. The molecule has 0 atom stereocenters. The van der Waals surface area contributed by atoms with Gasteiger partial charge in [0.1, 0.15) is 17.5 Å². The van der Waals surface area contributed by atoms with Gasteiger partial charge in [0.15, 0.2) is 0 Å². The molecule has 0 bridgehead atoms. The zero-order valence-electron chi connectivity index (χ0n) is 11.4. The molecule has 0 aromatic carbocycles. The molecule has 5 heteroatoms. The quantitative estimate of drug-likeness (QED) is 0.883. The van der Waals surface area contributed by atoms with Crippen molar-refractivity contribution in [1.29, 1.82) is 0 Å². The van der Waals surface area contributed by atoms with Crippen LogP contribution in [0.3, 0.4) is 0 Å². The fourth-order valence-electron chi connectivity index (χ4n) is 2.26. The summed E-state index contributed by atoms with van der Waals surface area (Å²) in [5.41, 5.74) is 5.82. The highest BCUT2D eigenvalue weighted by atomic mass is 16.5. The first-order valence-corrected chi connectivity index (χ1v) is 6.52. The SMILES string of the molecule is CCCc1nc(N)cc(N2CCOCC2(C)C)n1. The summed E-state index contributed by atoms with van der Waals surface area (Å²) in [6.07, 6.45) is 1.89. The molecule has 0 unspecified atom stereocenters. The second kappa shape index (κ2) is 5.10. The molecule has 2 rings (SSSR count). The van der Waals surface area contributed by atoms with Crippen molar-refractivity contribution in [3.8, 4) is 0 Å². The Balaban J connectivity index is 2.31. The Morgan fingerprint density at radius 2 is 2.22 bits per heavy atom. The minimum Gasteiger partial charge on any atom is -0.384 e. The van der Waals surface area contributed by atoms with E-state index >= 15 is 0 Å². The van der Waals surface area contributed by atoms with E-state index in [1.165, 1.54) is 0 Å². The van der Waals surface area contributed by atoms with Crippen molar-refractivity contribution < 1.29 is 4.74 Å². The molecular formula is C13H22N4O. The molecular weight excluding hydrogens is 228 g/mol. The van der Waals surface area contributed by atoms with Crippen molar-refractivity contribution in [2.75, 3.05) is 30.4 Å². The van der Waals surface area contributed by atoms with Gasteiger partial charge in [0.25, 0.3) is 0 Å². The average Bonchev–Trinajstić information content (AvgIpc) is 2.27. The van der Waals surface area contributed by atoms with Crippen LogP contribution in [0.2, 0.25) is 0 Å². The van der Waals surface area contributed by atoms with Gasteiger partial charge in [-0.05, 0) is 20.3 Å². The van der Waals surface area contributed by atoms with Crippen LogP contribution in [0.5, 0.6) is 0 Å². The van der Waals surface area contributed by atoms with Crippen LogP contribution in [0, 0.1) is 0 Å². The molecule has 1 aliphatic heterocycles. The molecule has 1 saturated heterocycles. The maximum atomic E-state index is 5.88. The highest BCUT2D eigenvalue weighted by Gasteiger charge is 2.31. The van der Waals surface area contributed by atoms with Crippen molar-refractivity contribution in [2.45, 2.75) is 39.2 Å². The van der Waals surface area contributed by atoms with E-state index in [4.69, 9.17) is 10.5 Å². The topological polar surface area (TPSA) is 64.3 Å². The normalized spacial score (nSPS) is 18.9. The van der Waals surface area contributed by atoms with Gasteiger partial charge in [-0.2, -0.15) is 0 Å². The molecule has 0 saturated carbocycles. The first-order chi connectivity index (χ1) is 8.53. The second-order valence-corrected chi connectivity index (χ2v) is 5.33. The number of morpholine rings is 1. The number of hydrogen-bond acceptors (Lipinski definition) is 5. The fourth-order valence-corrected chi connectivity index (χ4v) is 2.26. The summed E-state index contributed by atoms with van der Waals surface area (Å²) in [5, 5.41) is 0. The Hall–Kier alpha value is -1.36. The maximum absolute atomic E-state index is 5.88. The molecule has 0 radical (unpaired) electrons. The van der Waals surface area contributed by atoms with Crippen LogP contribution >= 0.6 is 0 Å². The Morgan fingerprint density at radius 3 is 2.89 bits per heavy atom. The zero-order chi connectivity index (χ0) is 13.2. The molecule has 100 valence electrons. The van der Waals surface area contributed by atoms with E-state index in [0.717, 1.165) is 37.6 Å². The van der Waals surface area contributed by atoms with Crippen LogP contribution in [0.15, 0.2) is 6.07 Å². The van der Waals surface area contributed by atoms with Crippen molar-refractivity contribution in [2.24, 2.45) is 0 Å².